The van der Waals surface area contributed by atoms with E-state index in [-0.39, 0.29) is 17.1 Å². The number of carbonyl (C=O) groups is 1. The first-order valence-corrected chi connectivity index (χ1v) is 7.99. The van der Waals surface area contributed by atoms with Crippen LogP contribution >= 0.6 is 11.3 Å². The highest BCUT2D eigenvalue weighted by atomic mass is 32.1. The normalized spacial score (nSPS) is 11.5. The molecule has 0 aliphatic carbocycles. The van der Waals surface area contributed by atoms with E-state index in [0.717, 1.165) is 10.6 Å². The molecule has 1 aromatic heterocycles. The number of nitrogens with two attached hydrogens (primary N) is 1. The Hall–Kier alpha value is -1.79. The van der Waals surface area contributed by atoms with E-state index >= 15 is 0 Å². The number of aromatic nitrogens is 1. The second-order valence-corrected chi connectivity index (χ2v) is 6.68. The van der Waals surface area contributed by atoms with Crippen molar-refractivity contribution in [3.05, 3.63) is 51.7 Å². The number of benzene rings is 1. The van der Waals surface area contributed by atoms with Crippen LogP contribution in [-0.2, 0) is 11.8 Å². The molecule has 0 unspecified atom stereocenters. The lowest BCUT2D eigenvalue weighted by Crippen LogP contribution is -2.36. The Morgan fingerprint density at radius 2 is 2.23 bits per heavy atom. The number of rotatable bonds is 6. The molecule has 0 spiro atoms. The average Bonchev–Trinajstić information content (AvgIpc) is 2.94. The van der Waals surface area contributed by atoms with E-state index in [2.05, 4.69) is 10.3 Å². The summed E-state index contributed by atoms with van der Waals surface area (Å²) in [6.07, 6.45) is 0.673. The van der Waals surface area contributed by atoms with Crippen molar-refractivity contribution >= 4 is 17.2 Å². The van der Waals surface area contributed by atoms with Gasteiger partial charge >= 0.3 is 0 Å². The molecule has 0 radical (unpaired) electrons. The van der Waals surface area contributed by atoms with Crippen LogP contribution in [0.15, 0.2) is 29.6 Å². The molecule has 4 nitrogen and oxygen atoms in total. The fraction of sp³-hybridized carbons (Fsp3) is 0.375. The summed E-state index contributed by atoms with van der Waals surface area (Å²) in [4.78, 5) is 16.4. The number of nitrogens with one attached hydrogen (secondary N) is 1. The standard InChI is InChI=1S/C16H20FN3OS/c1-16(2,11-4-3-5-12(17)8-11)10-19-15(21)13-9-22-14(20-13)6-7-18/h3-5,8-9H,6-7,10,18H2,1-2H3,(H,19,21). The summed E-state index contributed by atoms with van der Waals surface area (Å²) < 4.78 is 13.3. The lowest BCUT2D eigenvalue weighted by atomic mass is 9.84. The quantitative estimate of drug-likeness (QED) is 0.859. The molecule has 2 rings (SSSR count). The van der Waals surface area contributed by atoms with Crippen LogP contribution in [0.4, 0.5) is 4.39 Å². The predicted octanol–water partition coefficient (Wildman–Crippen LogP) is 2.49. The summed E-state index contributed by atoms with van der Waals surface area (Å²) in [5.41, 5.74) is 6.36. The number of thiazole rings is 1. The summed E-state index contributed by atoms with van der Waals surface area (Å²) >= 11 is 1.43. The molecule has 0 aliphatic rings. The maximum atomic E-state index is 13.3. The fourth-order valence-corrected chi connectivity index (χ4v) is 2.85. The van der Waals surface area contributed by atoms with Gasteiger partial charge in [0.25, 0.3) is 5.91 Å². The lowest BCUT2D eigenvalue weighted by molar-refractivity contribution is 0.0941. The van der Waals surface area contributed by atoms with Crippen LogP contribution in [0.5, 0.6) is 0 Å². The molecule has 118 valence electrons. The minimum absolute atomic E-state index is 0.219. The van der Waals surface area contributed by atoms with Crippen molar-refractivity contribution in [2.75, 3.05) is 13.1 Å². The molecule has 1 heterocycles. The van der Waals surface area contributed by atoms with Gasteiger partial charge in [-0.3, -0.25) is 4.79 Å². The van der Waals surface area contributed by atoms with Crippen molar-refractivity contribution in [3.63, 3.8) is 0 Å². The summed E-state index contributed by atoms with van der Waals surface area (Å²) in [7, 11) is 0. The summed E-state index contributed by atoms with van der Waals surface area (Å²) in [5.74, 6) is -0.494. The van der Waals surface area contributed by atoms with Crippen LogP contribution in [0.2, 0.25) is 0 Å². The maximum absolute atomic E-state index is 13.3. The van der Waals surface area contributed by atoms with Crippen molar-refractivity contribution in [3.8, 4) is 0 Å². The molecule has 3 N–H and O–H groups in total. The van der Waals surface area contributed by atoms with E-state index in [9.17, 15) is 9.18 Å². The van der Waals surface area contributed by atoms with E-state index in [4.69, 9.17) is 5.73 Å². The molecular formula is C16H20FN3OS. The lowest BCUT2D eigenvalue weighted by Gasteiger charge is -2.25. The van der Waals surface area contributed by atoms with E-state index in [0.29, 0.717) is 25.2 Å². The van der Waals surface area contributed by atoms with Crippen molar-refractivity contribution in [1.82, 2.24) is 10.3 Å². The zero-order valence-corrected chi connectivity index (χ0v) is 13.5. The first kappa shape index (κ1) is 16.6. The summed E-state index contributed by atoms with van der Waals surface area (Å²) in [6, 6.07) is 6.44. The van der Waals surface area contributed by atoms with Crippen LogP contribution in [-0.4, -0.2) is 24.0 Å². The van der Waals surface area contributed by atoms with Crippen molar-refractivity contribution in [1.29, 1.82) is 0 Å². The molecule has 0 atom stereocenters. The molecule has 0 saturated carbocycles. The maximum Gasteiger partial charge on any atom is 0.270 e. The highest BCUT2D eigenvalue weighted by Gasteiger charge is 2.22. The number of amides is 1. The third-order valence-corrected chi connectivity index (χ3v) is 4.35. The van der Waals surface area contributed by atoms with E-state index in [1.807, 2.05) is 19.9 Å². The number of carbonyl (C=O) groups excluding carboxylic acids is 1. The number of hydrogen-bond donors (Lipinski definition) is 2. The van der Waals surface area contributed by atoms with Crippen molar-refractivity contribution in [2.45, 2.75) is 25.7 Å². The van der Waals surface area contributed by atoms with Gasteiger partial charge < -0.3 is 11.1 Å². The Balaban J connectivity index is 2.00. The zero-order valence-electron chi connectivity index (χ0n) is 12.7. The third kappa shape index (κ3) is 4.11. The van der Waals surface area contributed by atoms with E-state index < -0.39 is 0 Å². The predicted molar refractivity (Wildman–Crippen MR) is 86.6 cm³/mol. The smallest absolute Gasteiger partial charge is 0.270 e. The minimum atomic E-state index is -0.367. The van der Waals surface area contributed by atoms with Gasteiger partial charge in [-0.15, -0.1) is 11.3 Å². The molecular weight excluding hydrogens is 301 g/mol. The average molecular weight is 321 g/mol. The van der Waals surface area contributed by atoms with Gasteiger partial charge in [0.15, 0.2) is 0 Å². The summed E-state index contributed by atoms with van der Waals surface area (Å²) in [6.45, 7) is 4.84. The van der Waals surface area contributed by atoms with Gasteiger partial charge in [-0.1, -0.05) is 26.0 Å². The van der Waals surface area contributed by atoms with E-state index in [1.54, 1.807) is 11.4 Å². The number of halogens is 1. The molecule has 0 fully saturated rings. The monoisotopic (exact) mass is 321 g/mol. The highest BCUT2D eigenvalue weighted by Crippen LogP contribution is 2.23. The third-order valence-electron chi connectivity index (χ3n) is 3.44. The number of hydrogen-bond acceptors (Lipinski definition) is 4. The number of nitrogens with zero attached hydrogens (tertiary/aromatic N) is 1. The highest BCUT2D eigenvalue weighted by molar-refractivity contribution is 7.09. The first-order chi connectivity index (χ1) is 10.4. The van der Waals surface area contributed by atoms with Crippen LogP contribution in [0.1, 0.15) is 34.9 Å². The molecule has 0 aliphatic heterocycles. The molecule has 1 amide bonds. The van der Waals surface area contributed by atoms with Crippen molar-refractivity contribution in [2.24, 2.45) is 5.73 Å². The molecule has 6 heteroatoms. The van der Waals surface area contributed by atoms with Crippen molar-refractivity contribution < 1.29 is 9.18 Å². The van der Waals surface area contributed by atoms with Crippen LogP contribution in [0.25, 0.3) is 0 Å². The largest absolute Gasteiger partial charge is 0.350 e. The molecule has 2 aromatic rings. The second kappa shape index (κ2) is 6.98. The zero-order chi connectivity index (χ0) is 16.2. The van der Waals surface area contributed by atoms with Crippen LogP contribution < -0.4 is 11.1 Å². The Morgan fingerprint density at radius 3 is 2.91 bits per heavy atom. The molecule has 0 saturated heterocycles. The molecule has 0 bridgehead atoms. The topological polar surface area (TPSA) is 68.0 Å². The van der Waals surface area contributed by atoms with Gasteiger partial charge in [0.1, 0.15) is 11.5 Å². The van der Waals surface area contributed by atoms with Gasteiger partial charge in [-0.05, 0) is 24.2 Å². The van der Waals surface area contributed by atoms with Crippen LogP contribution in [0.3, 0.4) is 0 Å². The van der Waals surface area contributed by atoms with Gasteiger partial charge in [0.2, 0.25) is 0 Å². The van der Waals surface area contributed by atoms with Gasteiger partial charge in [-0.2, -0.15) is 0 Å². The minimum Gasteiger partial charge on any atom is -0.350 e. The Bertz CT molecular complexity index is 654. The second-order valence-electron chi connectivity index (χ2n) is 5.74. The summed E-state index contributed by atoms with van der Waals surface area (Å²) in [5, 5.41) is 5.45. The van der Waals surface area contributed by atoms with Gasteiger partial charge in [0.05, 0.1) is 5.01 Å². The first-order valence-electron chi connectivity index (χ1n) is 7.11. The van der Waals surface area contributed by atoms with E-state index in [1.165, 1.54) is 23.5 Å². The van der Waals surface area contributed by atoms with Crippen LogP contribution in [0, 0.1) is 5.82 Å². The Labute approximate surface area is 133 Å². The SMILES string of the molecule is CC(C)(CNC(=O)c1csc(CCN)n1)c1cccc(F)c1. The van der Waals surface area contributed by atoms with Gasteiger partial charge in [0, 0.05) is 23.8 Å². The Morgan fingerprint density at radius 1 is 1.45 bits per heavy atom. The van der Waals surface area contributed by atoms with Gasteiger partial charge in [-0.25, -0.2) is 9.37 Å². The fourth-order valence-electron chi connectivity index (χ4n) is 2.06. The Kier molecular flexibility index (Phi) is 5.26. The molecule has 1 aromatic carbocycles. The molecule has 22 heavy (non-hydrogen) atoms.